The second-order valence-electron chi connectivity index (χ2n) is 5.07. The summed E-state index contributed by atoms with van der Waals surface area (Å²) in [6.07, 6.45) is 0. The predicted octanol–water partition coefficient (Wildman–Crippen LogP) is 4.27. The van der Waals surface area contributed by atoms with Crippen molar-refractivity contribution in [3.05, 3.63) is 53.3 Å². The molecular weight excluding hydrogens is 381 g/mol. The summed E-state index contributed by atoms with van der Waals surface area (Å²) in [7, 11) is 1.57. The first-order valence-electron chi connectivity index (χ1n) is 7.41. The van der Waals surface area contributed by atoms with Gasteiger partial charge in [0, 0.05) is 11.3 Å². The Balaban J connectivity index is 1.58. The normalized spacial score (nSPS) is 10.6. The Hall–Kier alpha value is -2.58. The molecule has 0 aliphatic heterocycles. The highest BCUT2D eigenvalue weighted by Crippen LogP contribution is 2.26. The zero-order valence-electron chi connectivity index (χ0n) is 13.5. The number of methoxy groups -OCH3 is 1. The third-order valence-corrected chi connectivity index (χ3v) is 4.36. The van der Waals surface area contributed by atoms with Crippen molar-refractivity contribution in [3.63, 3.8) is 0 Å². The number of halogens is 2. The van der Waals surface area contributed by atoms with E-state index in [9.17, 15) is 9.18 Å². The summed E-state index contributed by atoms with van der Waals surface area (Å²) in [6, 6.07) is 11.2. The second-order valence-corrected chi connectivity index (χ2v) is 6.40. The molecule has 26 heavy (non-hydrogen) atoms. The van der Waals surface area contributed by atoms with Crippen LogP contribution in [0.1, 0.15) is 0 Å². The largest absolute Gasteiger partial charge is 0.497 e. The van der Waals surface area contributed by atoms with Crippen LogP contribution in [0.5, 0.6) is 5.75 Å². The van der Waals surface area contributed by atoms with Crippen molar-refractivity contribution in [3.8, 4) is 17.2 Å². The summed E-state index contributed by atoms with van der Waals surface area (Å²) in [5.41, 5.74) is 1.12. The van der Waals surface area contributed by atoms with E-state index in [1.165, 1.54) is 18.2 Å². The third kappa shape index (κ3) is 4.53. The summed E-state index contributed by atoms with van der Waals surface area (Å²) < 4.78 is 23.8. The van der Waals surface area contributed by atoms with Gasteiger partial charge in [-0.15, -0.1) is 10.2 Å². The summed E-state index contributed by atoms with van der Waals surface area (Å²) >= 11 is 6.77. The number of amides is 1. The first kappa shape index (κ1) is 18.2. The van der Waals surface area contributed by atoms with Crippen LogP contribution in [-0.2, 0) is 4.79 Å². The third-order valence-electron chi connectivity index (χ3n) is 3.25. The van der Waals surface area contributed by atoms with Crippen molar-refractivity contribution in [1.82, 2.24) is 10.2 Å². The number of thioether (sulfide) groups is 1. The molecule has 0 bridgehead atoms. The number of anilines is 1. The molecule has 6 nitrogen and oxygen atoms in total. The van der Waals surface area contributed by atoms with Crippen LogP contribution in [0.15, 0.2) is 52.1 Å². The predicted molar refractivity (Wildman–Crippen MR) is 97.0 cm³/mol. The van der Waals surface area contributed by atoms with Gasteiger partial charge < -0.3 is 14.5 Å². The van der Waals surface area contributed by atoms with Crippen LogP contribution in [0.2, 0.25) is 5.02 Å². The van der Waals surface area contributed by atoms with Crippen LogP contribution in [-0.4, -0.2) is 29.0 Å². The van der Waals surface area contributed by atoms with E-state index < -0.39 is 5.82 Å². The number of benzene rings is 2. The van der Waals surface area contributed by atoms with Crippen molar-refractivity contribution in [2.45, 2.75) is 5.22 Å². The Morgan fingerprint density at radius 3 is 2.92 bits per heavy atom. The number of hydrogen-bond acceptors (Lipinski definition) is 6. The highest BCUT2D eigenvalue weighted by atomic mass is 35.5. The first-order valence-corrected chi connectivity index (χ1v) is 8.77. The van der Waals surface area contributed by atoms with Gasteiger partial charge >= 0.3 is 0 Å². The van der Waals surface area contributed by atoms with Crippen molar-refractivity contribution < 1.29 is 18.3 Å². The van der Waals surface area contributed by atoms with Crippen molar-refractivity contribution in [2.24, 2.45) is 0 Å². The summed E-state index contributed by atoms with van der Waals surface area (Å²) in [6.45, 7) is 0. The van der Waals surface area contributed by atoms with E-state index in [-0.39, 0.29) is 21.9 Å². The number of ether oxygens (including phenoxy) is 1. The van der Waals surface area contributed by atoms with Gasteiger partial charge in [0.1, 0.15) is 11.6 Å². The average Bonchev–Trinajstić information content (AvgIpc) is 3.12. The van der Waals surface area contributed by atoms with Gasteiger partial charge in [-0.05, 0) is 36.4 Å². The van der Waals surface area contributed by atoms with E-state index in [2.05, 4.69) is 15.5 Å². The van der Waals surface area contributed by atoms with Crippen molar-refractivity contribution in [1.29, 1.82) is 0 Å². The molecule has 1 aromatic heterocycles. The molecule has 0 unspecified atom stereocenters. The number of carbonyl (C=O) groups is 1. The van der Waals surface area contributed by atoms with Gasteiger partial charge in [-0.3, -0.25) is 4.79 Å². The molecule has 0 atom stereocenters. The number of hydrogen-bond donors (Lipinski definition) is 1. The molecule has 0 fully saturated rings. The minimum absolute atomic E-state index is 0.0503. The molecular formula is C17H13ClFN3O3S. The minimum Gasteiger partial charge on any atom is -0.497 e. The monoisotopic (exact) mass is 393 g/mol. The zero-order chi connectivity index (χ0) is 18.5. The molecule has 0 saturated carbocycles. The Labute approximate surface area is 157 Å². The fraction of sp³-hybridized carbons (Fsp3) is 0.118. The van der Waals surface area contributed by atoms with Gasteiger partial charge in [0.2, 0.25) is 11.8 Å². The Bertz CT molecular complexity index is 935. The average molecular weight is 394 g/mol. The molecule has 0 aliphatic carbocycles. The summed E-state index contributed by atoms with van der Waals surface area (Å²) in [5, 5.41) is 10.7. The van der Waals surface area contributed by atoms with Gasteiger partial charge in [-0.25, -0.2) is 4.39 Å². The van der Waals surface area contributed by atoms with Crippen LogP contribution in [0.25, 0.3) is 11.5 Å². The molecule has 1 heterocycles. The number of carbonyl (C=O) groups excluding carboxylic acids is 1. The molecule has 1 amide bonds. The lowest BCUT2D eigenvalue weighted by atomic mass is 10.2. The maximum atomic E-state index is 13.1. The lowest BCUT2D eigenvalue weighted by Crippen LogP contribution is -2.14. The quantitative estimate of drug-likeness (QED) is 0.630. The standard InChI is InChI=1S/C17H13ClFN3O3S/c1-24-12-4-2-3-10(7-12)16-21-22-17(25-16)26-9-15(23)20-11-5-6-14(19)13(18)8-11/h2-8H,9H2,1H3,(H,20,23). The highest BCUT2D eigenvalue weighted by Gasteiger charge is 2.12. The topological polar surface area (TPSA) is 77.2 Å². The van der Waals surface area contributed by atoms with E-state index >= 15 is 0 Å². The molecule has 2 aromatic carbocycles. The molecule has 1 N–H and O–H groups in total. The molecule has 3 rings (SSSR count). The summed E-state index contributed by atoms with van der Waals surface area (Å²) in [5.74, 6) is 0.201. The van der Waals surface area contributed by atoms with Gasteiger partial charge in [0.25, 0.3) is 5.22 Å². The number of aromatic nitrogens is 2. The number of rotatable bonds is 6. The van der Waals surface area contributed by atoms with Gasteiger partial charge in [-0.1, -0.05) is 29.4 Å². The Kier molecular flexibility index (Phi) is 5.75. The highest BCUT2D eigenvalue weighted by molar-refractivity contribution is 7.99. The Morgan fingerprint density at radius 1 is 1.31 bits per heavy atom. The molecule has 0 aliphatic rings. The van der Waals surface area contributed by atoms with Crippen LogP contribution >= 0.6 is 23.4 Å². The molecule has 0 saturated heterocycles. The SMILES string of the molecule is COc1cccc(-c2nnc(SCC(=O)Nc3ccc(F)c(Cl)c3)o2)c1. The first-order chi connectivity index (χ1) is 12.5. The fourth-order valence-electron chi connectivity index (χ4n) is 2.04. The van der Waals surface area contributed by atoms with Crippen LogP contribution in [0, 0.1) is 5.82 Å². The fourth-order valence-corrected chi connectivity index (χ4v) is 2.78. The minimum atomic E-state index is -0.546. The van der Waals surface area contributed by atoms with Crippen LogP contribution in [0.3, 0.4) is 0 Å². The van der Waals surface area contributed by atoms with E-state index in [1.807, 2.05) is 18.2 Å². The molecule has 3 aromatic rings. The van der Waals surface area contributed by atoms with Gasteiger partial charge in [-0.2, -0.15) is 0 Å². The number of nitrogens with zero attached hydrogens (tertiary/aromatic N) is 2. The van der Waals surface area contributed by atoms with Crippen molar-refractivity contribution >= 4 is 35.0 Å². The molecule has 134 valence electrons. The van der Waals surface area contributed by atoms with E-state index in [1.54, 1.807) is 13.2 Å². The van der Waals surface area contributed by atoms with Crippen LogP contribution in [0.4, 0.5) is 10.1 Å². The lowest BCUT2D eigenvalue weighted by molar-refractivity contribution is -0.113. The molecule has 0 radical (unpaired) electrons. The number of nitrogens with one attached hydrogen (secondary N) is 1. The van der Waals surface area contributed by atoms with E-state index in [0.29, 0.717) is 22.9 Å². The lowest BCUT2D eigenvalue weighted by Gasteiger charge is -2.04. The maximum Gasteiger partial charge on any atom is 0.277 e. The second kappa shape index (κ2) is 8.20. The summed E-state index contributed by atoms with van der Waals surface area (Å²) in [4.78, 5) is 12.0. The van der Waals surface area contributed by atoms with Gasteiger partial charge in [0.05, 0.1) is 17.9 Å². The van der Waals surface area contributed by atoms with Crippen molar-refractivity contribution in [2.75, 3.05) is 18.2 Å². The van der Waals surface area contributed by atoms with Gasteiger partial charge in [0.15, 0.2) is 0 Å². The van der Waals surface area contributed by atoms with E-state index in [4.69, 9.17) is 20.8 Å². The smallest absolute Gasteiger partial charge is 0.277 e. The molecule has 0 spiro atoms. The maximum absolute atomic E-state index is 13.1. The van der Waals surface area contributed by atoms with E-state index in [0.717, 1.165) is 11.8 Å². The van der Waals surface area contributed by atoms with Crippen LogP contribution < -0.4 is 10.1 Å². The molecule has 9 heteroatoms. The Morgan fingerprint density at radius 2 is 2.15 bits per heavy atom. The zero-order valence-corrected chi connectivity index (χ0v) is 15.1.